The van der Waals surface area contributed by atoms with Crippen LogP contribution in [-0.2, 0) is 10.2 Å². The van der Waals surface area contributed by atoms with E-state index in [0.717, 1.165) is 50.4 Å². The fourth-order valence-corrected chi connectivity index (χ4v) is 5.76. The third-order valence-electron chi connectivity index (χ3n) is 6.19. The number of ketones is 1. The fraction of sp³-hybridized carbons (Fsp3) is 0.385. The molecule has 2 aliphatic rings. The zero-order chi connectivity index (χ0) is 22.6. The Labute approximate surface area is 192 Å². The summed E-state index contributed by atoms with van der Waals surface area (Å²) in [5.41, 5.74) is 3.89. The quantitative estimate of drug-likeness (QED) is 0.531. The molecule has 162 valence electrons. The van der Waals surface area contributed by atoms with Crippen LogP contribution in [0.2, 0.25) is 0 Å². The molecule has 1 aromatic carbocycles. The monoisotopic (exact) mass is 480 g/mol. The first kappa shape index (κ1) is 21.8. The number of carbonyl (C=O) groups is 1. The van der Waals surface area contributed by atoms with Crippen LogP contribution < -0.4 is 10.1 Å². The summed E-state index contributed by atoms with van der Waals surface area (Å²) in [7, 11) is 0. The van der Waals surface area contributed by atoms with Gasteiger partial charge in [0.25, 0.3) is 0 Å². The predicted molar refractivity (Wildman–Crippen MR) is 129 cm³/mol. The molecule has 0 bridgehead atoms. The maximum Gasteiger partial charge on any atom is 0.162 e. The molecule has 0 saturated carbocycles. The van der Waals surface area contributed by atoms with Crippen LogP contribution in [0.15, 0.2) is 52.8 Å². The van der Waals surface area contributed by atoms with E-state index in [9.17, 15) is 4.79 Å². The van der Waals surface area contributed by atoms with Gasteiger partial charge < -0.3 is 10.1 Å². The minimum Gasteiger partial charge on any atom is -0.491 e. The molecular weight excluding hydrogens is 452 g/mol. The first-order valence-corrected chi connectivity index (χ1v) is 11.5. The Morgan fingerprint density at radius 1 is 1.26 bits per heavy atom. The number of hydrogen-bond acceptors (Lipinski definition) is 4. The summed E-state index contributed by atoms with van der Waals surface area (Å²) in [5.74, 6) is 1.75. The van der Waals surface area contributed by atoms with E-state index in [-0.39, 0.29) is 17.3 Å². The van der Waals surface area contributed by atoms with E-state index in [4.69, 9.17) is 9.72 Å². The highest BCUT2D eigenvalue weighted by Crippen LogP contribution is 2.54. The minimum atomic E-state index is -0.676. The number of anilines is 1. The van der Waals surface area contributed by atoms with Crippen molar-refractivity contribution in [2.75, 3.05) is 5.32 Å². The van der Waals surface area contributed by atoms with Crippen LogP contribution >= 0.6 is 15.9 Å². The van der Waals surface area contributed by atoms with E-state index in [0.29, 0.717) is 6.42 Å². The Bertz CT molecular complexity index is 1120. The number of nitrogens with one attached hydrogen (secondary N) is 1. The lowest BCUT2D eigenvalue weighted by Gasteiger charge is -2.45. The van der Waals surface area contributed by atoms with Crippen LogP contribution in [0.4, 0.5) is 5.82 Å². The third-order valence-corrected chi connectivity index (χ3v) is 7.04. The minimum absolute atomic E-state index is 0.0658. The second-order valence-electron chi connectivity index (χ2n) is 9.69. The third kappa shape index (κ3) is 3.63. The fourth-order valence-electron chi connectivity index (χ4n) is 4.91. The van der Waals surface area contributed by atoms with Crippen molar-refractivity contribution in [3.05, 3.63) is 69.5 Å². The number of rotatable bonds is 4. The molecule has 4 rings (SSSR count). The van der Waals surface area contributed by atoms with Crippen molar-refractivity contribution in [2.24, 2.45) is 5.41 Å². The van der Waals surface area contributed by atoms with Crippen LogP contribution in [0.1, 0.15) is 64.2 Å². The highest BCUT2D eigenvalue weighted by Gasteiger charge is 2.49. The summed E-state index contributed by atoms with van der Waals surface area (Å²) in [4.78, 5) is 18.3. The lowest BCUT2D eigenvalue weighted by atomic mass is 9.61. The average Bonchev–Trinajstić information content (AvgIpc) is 2.66. The molecule has 0 radical (unpaired) electrons. The van der Waals surface area contributed by atoms with Crippen molar-refractivity contribution in [1.29, 1.82) is 0 Å². The highest BCUT2D eigenvalue weighted by atomic mass is 79.9. The second-order valence-corrected chi connectivity index (χ2v) is 10.5. The molecule has 0 spiro atoms. The molecule has 1 aliphatic carbocycles. The van der Waals surface area contributed by atoms with E-state index < -0.39 is 5.41 Å². The van der Waals surface area contributed by atoms with Gasteiger partial charge >= 0.3 is 0 Å². The maximum atomic E-state index is 13.6. The zero-order valence-corrected chi connectivity index (χ0v) is 20.4. The lowest BCUT2D eigenvalue weighted by molar-refractivity contribution is -0.118. The number of ether oxygens (including phenoxy) is 1. The van der Waals surface area contributed by atoms with Crippen molar-refractivity contribution < 1.29 is 9.53 Å². The van der Waals surface area contributed by atoms with Crippen molar-refractivity contribution >= 4 is 33.6 Å². The second kappa shape index (κ2) is 7.63. The zero-order valence-electron chi connectivity index (χ0n) is 18.8. The van der Waals surface area contributed by atoms with Gasteiger partial charge in [0, 0.05) is 39.5 Å². The van der Waals surface area contributed by atoms with Gasteiger partial charge in [-0.05, 0) is 66.2 Å². The Hall–Kier alpha value is -2.40. The summed E-state index contributed by atoms with van der Waals surface area (Å²) in [6.45, 7) is 14.4. The van der Waals surface area contributed by atoms with Gasteiger partial charge in [-0.15, -0.1) is 0 Å². The maximum absolute atomic E-state index is 13.6. The number of pyridine rings is 1. The van der Waals surface area contributed by atoms with Crippen LogP contribution in [0.3, 0.4) is 0 Å². The van der Waals surface area contributed by atoms with E-state index in [1.807, 2.05) is 32.2 Å². The number of Topliss-reactive ketones (excluding diaryl/α,β-unsaturated/α-hetero) is 1. The summed E-state index contributed by atoms with van der Waals surface area (Å²) in [6.07, 6.45) is 4.98. The van der Waals surface area contributed by atoms with E-state index in [2.05, 4.69) is 60.7 Å². The number of hydrogen-bond donors (Lipinski definition) is 1. The summed E-state index contributed by atoms with van der Waals surface area (Å²) >= 11 is 3.80. The van der Waals surface area contributed by atoms with Gasteiger partial charge in [0.15, 0.2) is 5.78 Å². The molecule has 1 unspecified atom stereocenters. The molecular formula is C26H29BrN2O2. The largest absolute Gasteiger partial charge is 0.491 e. The summed E-state index contributed by atoms with van der Waals surface area (Å²) in [6, 6.07) is 8.09. The van der Waals surface area contributed by atoms with Crippen molar-refractivity contribution in [3.63, 3.8) is 0 Å². The highest BCUT2D eigenvalue weighted by molar-refractivity contribution is 9.10. The van der Waals surface area contributed by atoms with E-state index in [1.165, 1.54) is 0 Å². The van der Waals surface area contributed by atoms with Gasteiger partial charge in [-0.1, -0.05) is 38.6 Å². The van der Waals surface area contributed by atoms with Crippen LogP contribution in [0.25, 0.3) is 6.08 Å². The predicted octanol–water partition coefficient (Wildman–Crippen LogP) is 6.65. The van der Waals surface area contributed by atoms with Crippen LogP contribution in [0.5, 0.6) is 5.75 Å². The molecule has 31 heavy (non-hydrogen) atoms. The van der Waals surface area contributed by atoms with Gasteiger partial charge in [-0.2, -0.15) is 0 Å². The molecule has 0 saturated heterocycles. The van der Waals surface area contributed by atoms with Gasteiger partial charge in [-0.3, -0.25) is 4.79 Å². The summed E-state index contributed by atoms with van der Waals surface area (Å²) in [5, 5.41) is 3.50. The Kier molecular flexibility index (Phi) is 5.37. The first-order valence-electron chi connectivity index (χ1n) is 10.7. The number of nitrogens with zero attached hydrogens (tertiary/aromatic N) is 1. The normalized spacial score (nSPS) is 22.0. The molecule has 2 heterocycles. The number of halogens is 1. The van der Waals surface area contributed by atoms with Crippen LogP contribution in [0, 0.1) is 5.41 Å². The molecule has 0 amide bonds. The Morgan fingerprint density at radius 2 is 2.00 bits per heavy atom. The van der Waals surface area contributed by atoms with Crippen molar-refractivity contribution in [1.82, 2.24) is 4.98 Å². The lowest BCUT2D eigenvalue weighted by Crippen LogP contribution is -2.42. The van der Waals surface area contributed by atoms with Crippen LogP contribution in [-0.4, -0.2) is 16.9 Å². The molecule has 1 aromatic heterocycles. The molecule has 1 atom stereocenters. The number of allylic oxidation sites excluding steroid dienone is 2. The van der Waals surface area contributed by atoms with Gasteiger partial charge in [-0.25, -0.2) is 4.98 Å². The molecule has 4 nitrogen and oxygen atoms in total. The smallest absolute Gasteiger partial charge is 0.162 e. The van der Waals surface area contributed by atoms with E-state index in [1.54, 1.807) is 6.08 Å². The Balaban J connectivity index is 2.02. The molecule has 5 heteroatoms. The summed E-state index contributed by atoms with van der Waals surface area (Å²) < 4.78 is 6.89. The van der Waals surface area contributed by atoms with Gasteiger partial charge in [0.05, 0.1) is 11.5 Å². The van der Waals surface area contributed by atoms with Crippen molar-refractivity contribution in [3.8, 4) is 5.75 Å². The van der Waals surface area contributed by atoms with Crippen molar-refractivity contribution in [2.45, 2.75) is 59.0 Å². The number of fused-ring (bicyclic) bond motifs is 1. The van der Waals surface area contributed by atoms with Gasteiger partial charge in [0.2, 0.25) is 0 Å². The topological polar surface area (TPSA) is 51.2 Å². The van der Waals surface area contributed by atoms with E-state index >= 15 is 0 Å². The number of carbonyl (C=O) groups excluding carboxylic acids is 1. The number of benzene rings is 1. The van der Waals surface area contributed by atoms with Gasteiger partial charge in [0.1, 0.15) is 11.6 Å². The molecule has 0 fully saturated rings. The molecule has 1 aliphatic heterocycles. The molecule has 2 aromatic rings. The SMILES string of the molecule is C=Cc1cnc2c(c1Br)C(C)(c1cccc(OC(C)C)c1)C1=C(CC(C)(C)CC1=O)N2. The average molecular weight is 481 g/mol. The molecule has 1 N–H and O–H groups in total. The number of aromatic nitrogens is 1. The first-order chi connectivity index (χ1) is 14.6. The standard InChI is InChI=1S/C26H29BrN2O2/c1-7-16-14-28-24-22(23(16)27)26(6,17-9-8-10-18(11-17)31-15(2)3)21-19(29-24)12-25(4,5)13-20(21)30/h7-11,14-15H,1,12-13H2,2-6H3,(H,28,29). The Morgan fingerprint density at radius 3 is 2.68 bits per heavy atom.